The van der Waals surface area contributed by atoms with E-state index in [1.54, 1.807) is 12.1 Å². The number of benzene rings is 2. The van der Waals surface area contributed by atoms with Crippen molar-refractivity contribution in [3.63, 3.8) is 0 Å². The minimum absolute atomic E-state index is 0.00651. The van der Waals surface area contributed by atoms with Crippen LogP contribution in [0.3, 0.4) is 0 Å². The summed E-state index contributed by atoms with van der Waals surface area (Å²) in [5.41, 5.74) is 1.24. The number of rotatable bonds is 4. The zero-order chi connectivity index (χ0) is 20.2. The van der Waals surface area contributed by atoms with Crippen LogP contribution in [0.5, 0.6) is 0 Å². The number of aliphatic hydroxyl groups excluding tert-OH is 1. The number of halogens is 3. The second-order valence-corrected chi connectivity index (χ2v) is 7.30. The topological polar surface area (TPSA) is 61.4 Å². The van der Waals surface area contributed by atoms with Crippen molar-refractivity contribution in [3.05, 3.63) is 65.2 Å². The van der Waals surface area contributed by atoms with Gasteiger partial charge in [0.05, 0.1) is 11.7 Å². The molecule has 0 aliphatic carbocycles. The van der Waals surface area contributed by atoms with Gasteiger partial charge in [-0.2, -0.15) is 13.2 Å². The number of hydrogen-bond acceptors (Lipinski definition) is 2. The molecule has 0 saturated heterocycles. The van der Waals surface area contributed by atoms with Gasteiger partial charge in [-0.05, 0) is 40.8 Å². The number of amides is 2. The summed E-state index contributed by atoms with van der Waals surface area (Å²) in [4.78, 5) is 11.9. The number of anilines is 1. The van der Waals surface area contributed by atoms with Crippen LogP contribution >= 0.6 is 0 Å². The highest BCUT2D eigenvalue weighted by atomic mass is 19.4. The number of nitrogens with one attached hydrogen (secondary N) is 2. The number of alkyl halides is 3. The molecule has 0 fully saturated rings. The van der Waals surface area contributed by atoms with Gasteiger partial charge in [-0.1, -0.05) is 45.0 Å². The van der Waals surface area contributed by atoms with Crippen molar-refractivity contribution < 1.29 is 23.1 Å². The van der Waals surface area contributed by atoms with Crippen LogP contribution in [0.1, 0.15) is 43.6 Å². The predicted molar refractivity (Wildman–Crippen MR) is 98.6 cm³/mol. The minimum atomic E-state index is -4.43. The average Bonchev–Trinajstić information content (AvgIpc) is 2.58. The largest absolute Gasteiger partial charge is 0.416 e. The summed E-state index contributed by atoms with van der Waals surface area (Å²) < 4.78 is 37.6. The van der Waals surface area contributed by atoms with Crippen LogP contribution in [-0.4, -0.2) is 17.7 Å². The lowest BCUT2D eigenvalue weighted by Crippen LogP contribution is -2.32. The lowest BCUT2D eigenvalue weighted by molar-refractivity contribution is -0.137. The molecule has 2 aromatic carbocycles. The molecule has 7 heteroatoms. The maximum absolute atomic E-state index is 12.5. The summed E-state index contributed by atoms with van der Waals surface area (Å²) in [5, 5.41) is 15.2. The van der Waals surface area contributed by atoms with Crippen LogP contribution < -0.4 is 10.6 Å². The molecule has 2 amide bonds. The third-order valence-corrected chi connectivity index (χ3v) is 4.09. The fraction of sp³-hybridized carbons (Fsp3) is 0.350. The first-order valence-corrected chi connectivity index (χ1v) is 8.47. The highest BCUT2D eigenvalue weighted by molar-refractivity contribution is 5.89. The normalized spacial score (nSPS) is 13.1. The standard InChI is InChI=1S/C20H23F3N2O2/c1-19(2,3)14-8-10-16(11-9-14)25-18(27)24-12-17(26)13-4-6-15(7-5-13)20(21,22)23/h4-11,17,26H,12H2,1-3H3,(H2,24,25,27). The van der Waals surface area contributed by atoms with Crippen molar-refractivity contribution in [1.29, 1.82) is 0 Å². The molecule has 0 radical (unpaired) electrons. The molecule has 0 aliphatic rings. The third kappa shape index (κ3) is 5.99. The van der Waals surface area contributed by atoms with Crippen molar-refractivity contribution in [1.82, 2.24) is 5.32 Å². The van der Waals surface area contributed by atoms with E-state index in [1.807, 2.05) is 12.1 Å². The molecule has 0 aromatic heterocycles. The summed E-state index contributed by atoms with van der Waals surface area (Å²) in [5.74, 6) is 0. The first-order chi connectivity index (χ1) is 12.5. The van der Waals surface area contributed by atoms with E-state index in [1.165, 1.54) is 12.1 Å². The van der Waals surface area contributed by atoms with Gasteiger partial charge in [0.1, 0.15) is 0 Å². The molecule has 146 valence electrons. The Hall–Kier alpha value is -2.54. The molecule has 0 heterocycles. The smallest absolute Gasteiger partial charge is 0.387 e. The van der Waals surface area contributed by atoms with Crippen LogP contribution in [0.15, 0.2) is 48.5 Å². The SMILES string of the molecule is CC(C)(C)c1ccc(NC(=O)NCC(O)c2ccc(C(F)(F)F)cc2)cc1. The van der Waals surface area contributed by atoms with Crippen molar-refractivity contribution in [2.24, 2.45) is 0 Å². The second-order valence-electron chi connectivity index (χ2n) is 7.30. The second kappa shape index (κ2) is 8.00. The Morgan fingerprint density at radius 2 is 1.48 bits per heavy atom. The lowest BCUT2D eigenvalue weighted by Gasteiger charge is -2.19. The van der Waals surface area contributed by atoms with E-state index in [0.29, 0.717) is 5.69 Å². The molecule has 2 rings (SSSR count). The molecule has 1 unspecified atom stereocenters. The van der Waals surface area contributed by atoms with Crippen molar-refractivity contribution >= 4 is 11.7 Å². The van der Waals surface area contributed by atoms with E-state index in [-0.39, 0.29) is 17.5 Å². The number of carbonyl (C=O) groups excluding carboxylic acids is 1. The fourth-order valence-corrected chi connectivity index (χ4v) is 2.43. The first-order valence-electron chi connectivity index (χ1n) is 8.47. The first kappa shape index (κ1) is 20.8. The number of aliphatic hydroxyl groups is 1. The van der Waals surface area contributed by atoms with E-state index in [9.17, 15) is 23.1 Å². The summed E-state index contributed by atoms with van der Waals surface area (Å²) in [6.45, 7) is 6.14. The van der Waals surface area contributed by atoms with Crippen LogP contribution in [-0.2, 0) is 11.6 Å². The molecule has 1 atom stereocenters. The van der Waals surface area contributed by atoms with Gasteiger partial charge < -0.3 is 15.7 Å². The molecule has 27 heavy (non-hydrogen) atoms. The molecule has 0 spiro atoms. The molecule has 3 N–H and O–H groups in total. The zero-order valence-corrected chi connectivity index (χ0v) is 15.4. The summed E-state index contributed by atoms with van der Waals surface area (Å²) in [7, 11) is 0. The Morgan fingerprint density at radius 1 is 0.963 bits per heavy atom. The third-order valence-electron chi connectivity index (χ3n) is 4.09. The van der Waals surface area contributed by atoms with Gasteiger partial charge in [-0.3, -0.25) is 0 Å². The van der Waals surface area contributed by atoms with Crippen molar-refractivity contribution in [3.8, 4) is 0 Å². The fourth-order valence-electron chi connectivity index (χ4n) is 2.43. The van der Waals surface area contributed by atoms with Gasteiger partial charge in [-0.25, -0.2) is 4.79 Å². The van der Waals surface area contributed by atoms with Gasteiger partial charge in [-0.15, -0.1) is 0 Å². The number of urea groups is 1. The number of carbonyl (C=O) groups is 1. The lowest BCUT2D eigenvalue weighted by atomic mass is 9.87. The molecule has 0 saturated carbocycles. The molecule has 4 nitrogen and oxygen atoms in total. The summed E-state index contributed by atoms with van der Waals surface area (Å²) in [6.07, 6.45) is -5.54. The van der Waals surface area contributed by atoms with Gasteiger partial charge in [0.15, 0.2) is 0 Å². The van der Waals surface area contributed by atoms with Crippen LogP contribution in [0.2, 0.25) is 0 Å². The summed E-state index contributed by atoms with van der Waals surface area (Å²) in [6, 6.07) is 11.1. The maximum atomic E-state index is 12.5. The predicted octanol–water partition coefficient (Wildman–Crippen LogP) is 4.86. The van der Waals surface area contributed by atoms with E-state index in [0.717, 1.165) is 17.7 Å². The van der Waals surface area contributed by atoms with E-state index in [4.69, 9.17) is 0 Å². The van der Waals surface area contributed by atoms with Crippen LogP contribution in [0, 0.1) is 0 Å². The van der Waals surface area contributed by atoms with Gasteiger partial charge in [0.25, 0.3) is 0 Å². The summed E-state index contributed by atoms with van der Waals surface area (Å²) >= 11 is 0. The Morgan fingerprint density at radius 3 is 1.96 bits per heavy atom. The van der Waals surface area contributed by atoms with E-state index >= 15 is 0 Å². The molecule has 2 aromatic rings. The molecule has 0 aliphatic heterocycles. The van der Waals surface area contributed by atoms with E-state index in [2.05, 4.69) is 31.4 Å². The quantitative estimate of drug-likeness (QED) is 0.710. The van der Waals surface area contributed by atoms with Gasteiger partial charge >= 0.3 is 12.2 Å². The van der Waals surface area contributed by atoms with Crippen LogP contribution in [0.25, 0.3) is 0 Å². The highest BCUT2D eigenvalue weighted by Crippen LogP contribution is 2.30. The Kier molecular flexibility index (Phi) is 6.15. The maximum Gasteiger partial charge on any atom is 0.416 e. The molecule has 0 bridgehead atoms. The van der Waals surface area contributed by atoms with Crippen LogP contribution in [0.4, 0.5) is 23.7 Å². The van der Waals surface area contributed by atoms with Crippen molar-refractivity contribution in [2.75, 3.05) is 11.9 Å². The van der Waals surface area contributed by atoms with Gasteiger partial charge in [0.2, 0.25) is 0 Å². The minimum Gasteiger partial charge on any atom is -0.387 e. The Labute approximate surface area is 156 Å². The average molecular weight is 380 g/mol. The van der Waals surface area contributed by atoms with Crippen molar-refractivity contribution in [2.45, 2.75) is 38.5 Å². The van der Waals surface area contributed by atoms with E-state index < -0.39 is 23.9 Å². The highest BCUT2D eigenvalue weighted by Gasteiger charge is 2.30. The Bertz CT molecular complexity index is 764. The molecular weight excluding hydrogens is 357 g/mol. The number of hydrogen-bond donors (Lipinski definition) is 3. The zero-order valence-electron chi connectivity index (χ0n) is 15.4. The van der Waals surface area contributed by atoms with Gasteiger partial charge in [0, 0.05) is 12.2 Å². The Balaban J connectivity index is 1.87. The monoisotopic (exact) mass is 380 g/mol. The molecular formula is C20H23F3N2O2.